The number of fused-ring (bicyclic) bond motifs is 3. The largest absolute Gasteiger partial charge is 0.462 e. The van der Waals surface area contributed by atoms with E-state index in [2.05, 4.69) is 13.5 Å². The van der Waals surface area contributed by atoms with Crippen LogP contribution in [0.3, 0.4) is 0 Å². The van der Waals surface area contributed by atoms with Crippen LogP contribution < -0.4 is 0 Å². The summed E-state index contributed by atoms with van der Waals surface area (Å²) >= 11 is 0. The van der Waals surface area contributed by atoms with Crippen molar-refractivity contribution in [2.24, 2.45) is 22.7 Å². The van der Waals surface area contributed by atoms with Gasteiger partial charge in [0.15, 0.2) is 5.78 Å². The highest BCUT2D eigenvalue weighted by Crippen LogP contribution is 2.59. The number of hydrogen-bond acceptors (Lipinski definition) is 6. The van der Waals surface area contributed by atoms with Crippen molar-refractivity contribution in [1.82, 2.24) is 0 Å². The molecule has 0 aromatic carbocycles. The van der Waals surface area contributed by atoms with Crippen LogP contribution in [0.5, 0.6) is 0 Å². The molecule has 0 spiro atoms. The van der Waals surface area contributed by atoms with Gasteiger partial charge in [-0.1, -0.05) is 27.4 Å². The van der Waals surface area contributed by atoms with Gasteiger partial charge in [-0.25, -0.2) is 0 Å². The van der Waals surface area contributed by atoms with Crippen LogP contribution in [0.25, 0.3) is 0 Å². The first kappa shape index (κ1) is 22.7. The van der Waals surface area contributed by atoms with Crippen LogP contribution in [0.4, 0.5) is 0 Å². The molecule has 6 nitrogen and oxygen atoms in total. The molecule has 0 aromatic rings. The average molecular weight is 419 g/mol. The summed E-state index contributed by atoms with van der Waals surface area (Å²) < 4.78 is 11.7. The van der Waals surface area contributed by atoms with Gasteiger partial charge >= 0.3 is 11.9 Å². The van der Waals surface area contributed by atoms with Crippen molar-refractivity contribution in [2.75, 3.05) is 0 Å². The maximum atomic E-state index is 13.0. The van der Waals surface area contributed by atoms with Gasteiger partial charge in [-0.2, -0.15) is 0 Å². The van der Waals surface area contributed by atoms with Gasteiger partial charge in [-0.3, -0.25) is 14.4 Å². The molecule has 3 rings (SSSR count). The van der Waals surface area contributed by atoms with E-state index in [0.29, 0.717) is 30.4 Å². The molecule has 166 valence electrons. The van der Waals surface area contributed by atoms with E-state index in [0.717, 1.165) is 5.57 Å². The van der Waals surface area contributed by atoms with Gasteiger partial charge in [-0.05, 0) is 53.7 Å². The van der Waals surface area contributed by atoms with E-state index in [4.69, 9.17) is 9.47 Å². The maximum Gasteiger partial charge on any atom is 0.303 e. The Morgan fingerprint density at radius 1 is 1.13 bits per heavy atom. The first-order chi connectivity index (χ1) is 13.8. The van der Waals surface area contributed by atoms with Crippen molar-refractivity contribution in [3.63, 3.8) is 0 Å². The highest BCUT2D eigenvalue weighted by molar-refractivity contribution is 5.97. The summed E-state index contributed by atoms with van der Waals surface area (Å²) in [5.41, 5.74) is 1.15. The fraction of sp³-hybridized carbons (Fsp3) is 0.708. The molecule has 0 radical (unpaired) electrons. The van der Waals surface area contributed by atoms with Crippen LogP contribution in [0.15, 0.2) is 23.3 Å². The van der Waals surface area contributed by atoms with E-state index in [1.807, 2.05) is 13.8 Å². The number of carbonyl (C=O) groups excluding carboxylic acids is 3. The Hall–Kier alpha value is -1.95. The molecule has 2 fully saturated rings. The lowest BCUT2D eigenvalue weighted by Gasteiger charge is -2.57. The number of rotatable bonds is 2. The van der Waals surface area contributed by atoms with Gasteiger partial charge < -0.3 is 14.6 Å². The van der Waals surface area contributed by atoms with E-state index >= 15 is 0 Å². The van der Waals surface area contributed by atoms with Crippen LogP contribution in [-0.4, -0.2) is 41.1 Å². The Morgan fingerprint density at radius 2 is 1.73 bits per heavy atom. The van der Waals surface area contributed by atoms with Crippen LogP contribution in [0.1, 0.15) is 67.2 Å². The molecule has 3 aliphatic rings. The standard InChI is InChI=1S/C24H34O6/c1-12-17(27)8-9-24(7)11-19(29-14(3)25)20-13(2)18(28)10-16(23(20,5)6)22(21(12)24)30-15(4)26/h16-17,19,21-22,27H,1,8-11H2,2-7H3/t16-,17-,19-,21-,22+,24-/m0/s1. The van der Waals surface area contributed by atoms with E-state index in [-0.39, 0.29) is 24.0 Å². The van der Waals surface area contributed by atoms with Gasteiger partial charge in [0, 0.05) is 32.1 Å². The molecule has 0 unspecified atom stereocenters. The van der Waals surface area contributed by atoms with Crippen molar-refractivity contribution in [1.29, 1.82) is 0 Å². The second kappa shape index (κ2) is 7.63. The summed E-state index contributed by atoms with van der Waals surface area (Å²) in [5, 5.41) is 10.6. The van der Waals surface area contributed by atoms with Crippen LogP contribution in [-0.2, 0) is 23.9 Å². The first-order valence-electron chi connectivity index (χ1n) is 10.7. The van der Waals surface area contributed by atoms with E-state index < -0.39 is 41.1 Å². The van der Waals surface area contributed by atoms with Gasteiger partial charge in [0.1, 0.15) is 12.2 Å². The zero-order valence-corrected chi connectivity index (χ0v) is 18.9. The minimum atomic E-state index is -0.688. The molecule has 6 heteroatoms. The molecule has 0 aromatic heterocycles. The highest BCUT2D eigenvalue weighted by atomic mass is 16.5. The molecule has 0 aliphatic heterocycles. The number of ether oxygens (including phenoxy) is 2. The van der Waals surface area contributed by atoms with Gasteiger partial charge in [0.2, 0.25) is 0 Å². The van der Waals surface area contributed by atoms with Gasteiger partial charge in [0.25, 0.3) is 0 Å². The Balaban J connectivity index is 2.27. The van der Waals surface area contributed by atoms with Gasteiger partial charge in [-0.15, -0.1) is 0 Å². The summed E-state index contributed by atoms with van der Waals surface area (Å²) in [5.74, 6) is -1.47. The van der Waals surface area contributed by atoms with Gasteiger partial charge in [0.05, 0.1) is 6.10 Å². The Morgan fingerprint density at radius 3 is 2.30 bits per heavy atom. The summed E-state index contributed by atoms with van der Waals surface area (Å²) in [6, 6.07) is 0. The molecule has 3 aliphatic carbocycles. The lowest BCUT2D eigenvalue weighted by Crippen LogP contribution is -2.57. The van der Waals surface area contributed by atoms with Crippen LogP contribution in [0, 0.1) is 22.7 Å². The third-order valence-electron chi connectivity index (χ3n) is 7.72. The Labute approximate surface area is 178 Å². The second-order valence-electron chi connectivity index (χ2n) is 10.1. The number of carbonyl (C=O) groups is 3. The normalized spacial score (nSPS) is 38.3. The van der Waals surface area contributed by atoms with Crippen molar-refractivity contribution >= 4 is 17.7 Å². The second-order valence-corrected chi connectivity index (χ2v) is 10.1. The molecule has 1 N–H and O–H groups in total. The van der Waals surface area contributed by atoms with E-state index in [1.54, 1.807) is 6.92 Å². The summed E-state index contributed by atoms with van der Waals surface area (Å²) in [6.45, 7) is 14.9. The zero-order chi connectivity index (χ0) is 22.6. The highest BCUT2D eigenvalue weighted by Gasteiger charge is 2.59. The lowest BCUT2D eigenvalue weighted by molar-refractivity contribution is -0.169. The molecule has 2 bridgehead atoms. The van der Waals surface area contributed by atoms with Crippen molar-refractivity contribution < 1.29 is 29.0 Å². The lowest BCUT2D eigenvalue weighted by atomic mass is 9.50. The number of aliphatic hydroxyl groups is 1. The number of allylic oxidation sites excluding steroid dienone is 1. The predicted octanol–water partition coefficient (Wildman–Crippen LogP) is 3.52. The summed E-state index contributed by atoms with van der Waals surface area (Å²) in [7, 11) is 0. The summed E-state index contributed by atoms with van der Waals surface area (Å²) in [4.78, 5) is 37.1. The van der Waals surface area contributed by atoms with E-state index in [1.165, 1.54) is 13.8 Å². The van der Waals surface area contributed by atoms with Crippen molar-refractivity contribution in [3.8, 4) is 0 Å². The Bertz CT molecular complexity index is 822. The first-order valence-corrected chi connectivity index (χ1v) is 10.7. The fourth-order valence-electron chi connectivity index (χ4n) is 6.32. The predicted molar refractivity (Wildman–Crippen MR) is 111 cm³/mol. The number of ketones is 1. The molecule has 6 atom stereocenters. The summed E-state index contributed by atoms with van der Waals surface area (Å²) in [6.07, 6.45) is 0.136. The van der Waals surface area contributed by atoms with Crippen molar-refractivity contribution in [2.45, 2.75) is 85.5 Å². The zero-order valence-electron chi connectivity index (χ0n) is 18.9. The number of Topliss-reactive ketones (excluding diaryl/α,β-unsaturated/α-hetero) is 1. The third-order valence-corrected chi connectivity index (χ3v) is 7.72. The van der Waals surface area contributed by atoms with Crippen molar-refractivity contribution in [3.05, 3.63) is 23.3 Å². The molecule has 0 amide bonds. The molecule has 0 heterocycles. The minimum absolute atomic E-state index is 0.0193. The topological polar surface area (TPSA) is 89.9 Å². The maximum absolute atomic E-state index is 13.0. The fourth-order valence-corrected chi connectivity index (χ4v) is 6.32. The molecule has 30 heavy (non-hydrogen) atoms. The average Bonchev–Trinajstić information content (AvgIpc) is 2.59. The molecular weight excluding hydrogens is 384 g/mol. The number of hydrogen-bond donors (Lipinski definition) is 1. The monoisotopic (exact) mass is 418 g/mol. The minimum Gasteiger partial charge on any atom is -0.462 e. The molecular formula is C24H34O6. The van der Waals surface area contributed by atoms with Crippen LogP contribution in [0.2, 0.25) is 0 Å². The Kier molecular flexibility index (Phi) is 5.78. The van der Waals surface area contributed by atoms with E-state index in [9.17, 15) is 19.5 Å². The quantitative estimate of drug-likeness (QED) is 0.545. The number of esters is 2. The molecule has 0 saturated heterocycles. The third kappa shape index (κ3) is 3.64. The number of aliphatic hydroxyl groups excluding tert-OH is 1. The van der Waals surface area contributed by atoms with Crippen LogP contribution >= 0.6 is 0 Å². The molecule has 2 saturated carbocycles. The smallest absolute Gasteiger partial charge is 0.303 e. The SMILES string of the molecule is C=C1[C@@H](O)CC[C@@]2(C)C[C@H](OC(C)=O)C3=C(C)C(=O)C[C@@H]([C@@H](OC(C)=O)[C@H]12)C3(C)C.